The van der Waals surface area contributed by atoms with Crippen LogP contribution in [0.25, 0.3) is 11.0 Å². The van der Waals surface area contributed by atoms with E-state index in [2.05, 4.69) is 32.1 Å². The van der Waals surface area contributed by atoms with Gasteiger partial charge in [0, 0.05) is 37.9 Å². The molecule has 0 bridgehead atoms. The van der Waals surface area contributed by atoms with Crippen LogP contribution < -0.4 is 15.6 Å². The van der Waals surface area contributed by atoms with Gasteiger partial charge < -0.3 is 15.0 Å². The van der Waals surface area contributed by atoms with Crippen LogP contribution in [0.3, 0.4) is 0 Å². The Hall–Kier alpha value is -3.26. The Morgan fingerprint density at radius 1 is 1.35 bits per heavy atom. The molecule has 1 saturated heterocycles. The molecule has 0 radical (unpaired) electrons. The van der Waals surface area contributed by atoms with Crippen LogP contribution in [0.1, 0.15) is 47.2 Å². The smallest absolute Gasteiger partial charge is 0.269 e. The maximum Gasteiger partial charge on any atom is 0.269 e. The number of aromatic amines is 1. The molecule has 0 spiro atoms. The van der Waals surface area contributed by atoms with Crippen molar-refractivity contribution in [3.63, 3.8) is 0 Å². The zero-order valence-corrected chi connectivity index (χ0v) is 18.2. The summed E-state index contributed by atoms with van der Waals surface area (Å²) in [5.41, 5.74) is 4.39. The Morgan fingerprint density at radius 3 is 2.81 bits per heavy atom. The van der Waals surface area contributed by atoms with E-state index in [9.17, 15) is 9.59 Å². The number of fused-ring (bicyclic) bond motifs is 1. The summed E-state index contributed by atoms with van der Waals surface area (Å²) in [6, 6.07) is 7.50. The van der Waals surface area contributed by atoms with Crippen LogP contribution in [0.2, 0.25) is 0 Å². The summed E-state index contributed by atoms with van der Waals surface area (Å²) in [7, 11) is 1.58. The molecule has 4 heterocycles. The van der Waals surface area contributed by atoms with Crippen LogP contribution in [0.5, 0.6) is 5.75 Å². The van der Waals surface area contributed by atoms with E-state index in [0.717, 1.165) is 35.2 Å². The number of hydrogen-bond donors (Lipinski definition) is 2. The van der Waals surface area contributed by atoms with Crippen LogP contribution >= 0.6 is 0 Å². The number of likely N-dealkylation sites (tertiary alicyclic amines) is 1. The zero-order valence-electron chi connectivity index (χ0n) is 18.2. The molecule has 1 unspecified atom stereocenters. The first-order valence-electron chi connectivity index (χ1n) is 10.5. The van der Waals surface area contributed by atoms with Gasteiger partial charge in [0.05, 0.1) is 16.7 Å². The normalized spacial score (nSPS) is 15.5. The number of carbonyl (C=O) groups is 1. The second-order valence-corrected chi connectivity index (χ2v) is 7.91. The minimum atomic E-state index is -0.213. The summed E-state index contributed by atoms with van der Waals surface area (Å²) < 4.78 is 6.08. The van der Waals surface area contributed by atoms with Gasteiger partial charge in [-0.25, -0.2) is 4.98 Å². The number of nitrogens with zero attached hydrogens (tertiary/aromatic N) is 3. The van der Waals surface area contributed by atoms with Crippen LogP contribution in [-0.4, -0.2) is 52.0 Å². The van der Waals surface area contributed by atoms with Gasteiger partial charge in [-0.3, -0.25) is 19.5 Å². The Kier molecular flexibility index (Phi) is 5.73. The molecule has 0 aliphatic carbocycles. The van der Waals surface area contributed by atoms with E-state index in [0.29, 0.717) is 23.6 Å². The lowest BCUT2D eigenvalue weighted by atomic mass is 10.0. The molecular formula is C23H27N5O3. The van der Waals surface area contributed by atoms with E-state index >= 15 is 0 Å². The van der Waals surface area contributed by atoms with Crippen molar-refractivity contribution in [2.75, 3.05) is 20.1 Å². The molecule has 2 N–H and O–H groups in total. The third kappa shape index (κ3) is 4.16. The molecule has 8 heteroatoms. The molecule has 3 aromatic heterocycles. The summed E-state index contributed by atoms with van der Waals surface area (Å²) in [6.07, 6.45) is 2.63. The number of carbonyl (C=O) groups excluding carboxylic acids is 1. The Balaban J connectivity index is 1.41. The minimum Gasteiger partial charge on any atom is -0.486 e. The van der Waals surface area contributed by atoms with Gasteiger partial charge in [-0.05, 0) is 50.1 Å². The van der Waals surface area contributed by atoms with Crippen LogP contribution in [0, 0.1) is 6.92 Å². The van der Waals surface area contributed by atoms with Gasteiger partial charge in [-0.2, -0.15) is 0 Å². The van der Waals surface area contributed by atoms with Crippen molar-refractivity contribution in [3.8, 4) is 5.75 Å². The van der Waals surface area contributed by atoms with Crippen molar-refractivity contribution in [3.05, 3.63) is 63.3 Å². The molecule has 0 aromatic carbocycles. The Bertz CT molecular complexity index is 1180. The number of hydrogen-bond acceptors (Lipinski definition) is 6. The molecule has 4 rings (SSSR count). The molecule has 31 heavy (non-hydrogen) atoms. The first kappa shape index (κ1) is 21.0. The second-order valence-electron chi connectivity index (χ2n) is 7.91. The number of rotatable bonds is 6. The molecule has 1 aliphatic heterocycles. The van der Waals surface area contributed by atoms with Crippen molar-refractivity contribution in [1.82, 2.24) is 25.2 Å². The number of aryl methyl sites for hydroxylation is 2. The van der Waals surface area contributed by atoms with Crippen molar-refractivity contribution in [1.29, 1.82) is 0 Å². The number of H-pyrrole nitrogens is 1. The summed E-state index contributed by atoms with van der Waals surface area (Å²) in [5.74, 6) is 0.483. The quantitative estimate of drug-likeness (QED) is 0.634. The largest absolute Gasteiger partial charge is 0.486 e. The van der Waals surface area contributed by atoms with Gasteiger partial charge in [0.1, 0.15) is 17.5 Å². The van der Waals surface area contributed by atoms with Gasteiger partial charge in [0.25, 0.3) is 11.5 Å². The molecule has 1 amide bonds. The predicted octanol–water partition coefficient (Wildman–Crippen LogP) is 2.37. The molecule has 8 nitrogen and oxygen atoms in total. The molecular weight excluding hydrogens is 394 g/mol. The standard InChI is InChI=1S/C23H27N5O3/c1-5-15-8-19-20(27-22(15)29)9-16(10-25-19)14(3)28-11-17(12-28)31-21-7-6-18(23(30)24-4)26-13(21)2/h6-10,14,17H,5,11-12H2,1-4H3,(H,24,30)(H,27,29). The summed E-state index contributed by atoms with van der Waals surface area (Å²) in [6.45, 7) is 7.49. The highest BCUT2D eigenvalue weighted by atomic mass is 16.5. The van der Waals surface area contributed by atoms with Crippen LogP contribution in [-0.2, 0) is 6.42 Å². The van der Waals surface area contributed by atoms with Crippen LogP contribution in [0.15, 0.2) is 35.3 Å². The van der Waals surface area contributed by atoms with Crippen LogP contribution in [0.4, 0.5) is 0 Å². The monoisotopic (exact) mass is 421 g/mol. The van der Waals surface area contributed by atoms with Crippen molar-refractivity contribution in [2.45, 2.75) is 39.3 Å². The number of ether oxygens (including phenoxy) is 1. The van der Waals surface area contributed by atoms with Gasteiger partial charge in [-0.15, -0.1) is 0 Å². The fraction of sp³-hybridized carbons (Fsp3) is 0.391. The van der Waals surface area contributed by atoms with Crippen molar-refractivity contribution >= 4 is 16.9 Å². The zero-order chi connectivity index (χ0) is 22.1. The maximum atomic E-state index is 12.1. The first-order valence-corrected chi connectivity index (χ1v) is 10.5. The van der Waals surface area contributed by atoms with Crippen molar-refractivity contribution in [2.24, 2.45) is 0 Å². The fourth-order valence-corrected chi connectivity index (χ4v) is 3.81. The predicted molar refractivity (Wildman–Crippen MR) is 119 cm³/mol. The number of aromatic nitrogens is 3. The van der Waals surface area contributed by atoms with E-state index in [1.807, 2.05) is 32.2 Å². The highest BCUT2D eigenvalue weighted by Crippen LogP contribution is 2.29. The lowest BCUT2D eigenvalue weighted by Crippen LogP contribution is -2.54. The molecule has 1 atom stereocenters. The SMILES string of the molecule is CCc1cc2ncc(C(C)N3CC(Oc4ccc(C(=O)NC)nc4C)C3)cc2[nH]c1=O. The van der Waals surface area contributed by atoms with Gasteiger partial charge in [-0.1, -0.05) is 6.92 Å². The van der Waals surface area contributed by atoms with E-state index in [-0.39, 0.29) is 23.6 Å². The highest BCUT2D eigenvalue weighted by Gasteiger charge is 2.33. The number of pyridine rings is 3. The number of amides is 1. The fourth-order valence-electron chi connectivity index (χ4n) is 3.81. The molecule has 162 valence electrons. The lowest BCUT2D eigenvalue weighted by molar-refractivity contribution is -0.00582. The average Bonchev–Trinajstić information content (AvgIpc) is 2.74. The first-order chi connectivity index (χ1) is 14.9. The summed E-state index contributed by atoms with van der Waals surface area (Å²) >= 11 is 0. The van der Waals surface area contributed by atoms with Gasteiger partial charge in [0.15, 0.2) is 0 Å². The maximum absolute atomic E-state index is 12.1. The van der Waals surface area contributed by atoms with E-state index in [1.54, 1.807) is 19.2 Å². The Labute approximate surface area is 180 Å². The molecule has 0 saturated carbocycles. The van der Waals surface area contributed by atoms with Crippen molar-refractivity contribution < 1.29 is 9.53 Å². The topological polar surface area (TPSA) is 100 Å². The summed E-state index contributed by atoms with van der Waals surface area (Å²) in [4.78, 5) is 37.9. The second kappa shape index (κ2) is 8.47. The third-order valence-electron chi connectivity index (χ3n) is 5.87. The highest BCUT2D eigenvalue weighted by molar-refractivity contribution is 5.92. The van der Waals surface area contributed by atoms with Gasteiger partial charge in [0.2, 0.25) is 0 Å². The average molecular weight is 422 g/mol. The van der Waals surface area contributed by atoms with E-state index in [1.165, 1.54) is 0 Å². The molecule has 3 aromatic rings. The molecule has 1 fully saturated rings. The molecule has 1 aliphatic rings. The third-order valence-corrected chi connectivity index (χ3v) is 5.87. The number of nitrogens with one attached hydrogen (secondary N) is 2. The lowest BCUT2D eigenvalue weighted by Gasteiger charge is -2.43. The van der Waals surface area contributed by atoms with Gasteiger partial charge >= 0.3 is 0 Å². The van der Waals surface area contributed by atoms with E-state index < -0.39 is 0 Å². The Morgan fingerprint density at radius 2 is 2.13 bits per heavy atom. The minimum absolute atomic E-state index is 0.0505. The van der Waals surface area contributed by atoms with E-state index in [4.69, 9.17) is 4.74 Å². The summed E-state index contributed by atoms with van der Waals surface area (Å²) in [5, 5.41) is 2.57.